The number of nitrogens with one attached hydrogen (secondary N) is 1. The van der Waals surface area contributed by atoms with E-state index in [1.807, 2.05) is 22.8 Å². The van der Waals surface area contributed by atoms with Gasteiger partial charge in [-0.2, -0.15) is 0 Å². The van der Waals surface area contributed by atoms with Crippen LogP contribution >= 0.6 is 11.8 Å². The van der Waals surface area contributed by atoms with Gasteiger partial charge in [-0.1, -0.05) is 12.1 Å². The number of para-hydroxylation sites is 1. The van der Waals surface area contributed by atoms with E-state index in [0.29, 0.717) is 24.5 Å². The maximum absolute atomic E-state index is 11.9. The molecule has 0 amide bonds. The molecule has 0 spiro atoms. The highest BCUT2D eigenvalue weighted by molar-refractivity contribution is 8.00. The van der Waals surface area contributed by atoms with Gasteiger partial charge < -0.3 is 10.3 Å². The lowest BCUT2D eigenvalue weighted by Gasteiger charge is -2.08. The second kappa shape index (κ2) is 7.48. The van der Waals surface area contributed by atoms with Gasteiger partial charge in [-0.15, -0.1) is 11.8 Å². The Morgan fingerprint density at radius 1 is 1.33 bits per heavy atom. The molecule has 21 heavy (non-hydrogen) atoms. The van der Waals surface area contributed by atoms with Crippen molar-refractivity contribution in [1.29, 1.82) is 0 Å². The highest BCUT2D eigenvalue weighted by atomic mass is 32.2. The van der Waals surface area contributed by atoms with Crippen LogP contribution in [0.1, 0.15) is 0 Å². The number of sulfonamides is 1. The number of imidazole rings is 1. The van der Waals surface area contributed by atoms with Crippen LogP contribution < -0.4 is 10.5 Å². The van der Waals surface area contributed by atoms with Crippen LogP contribution in [0.15, 0.2) is 47.9 Å². The van der Waals surface area contributed by atoms with Crippen molar-refractivity contribution < 1.29 is 8.42 Å². The van der Waals surface area contributed by atoms with Gasteiger partial charge in [0.25, 0.3) is 0 Å². The van der Waals surface area contributed by atoms with E-state index in [1.54, 1.807) is 24.8 Å². The number of aromatic nitrogens is 2. The molecule has 2 rings (SSSR count). The Kier molecular flexibility index (Phi) is 5.66. The lowest BCUT2D eigenvalue weighted by atomic mass is 10.3. The van der Waals surface area contributed by atoms with Gasteiger partial charge in [0, 0.05) is 41.8 Å². The van der Waals surface area contributed by atoms with E-state index in [2.05, 4.69) is 9.71 Å². The van der Waals surface area contributed by atoms with Crippen molar-refractivity contribution in [3.8, 4) is 0 Å². The molecule has 8 heteroatoms. The molecular weight excluding hydrogens is 308 g/mol. The first kappa shape index (κ1) is 15.9. The first-order chi connectivity index (χ1) is 10.1. The van der Waals surface area contributed by atoms with Crippen molar-refractivity contribution >= 4 is 27.5 Å². The minimum Gasteiger partial charge on any atom is -0.398 e. The molecule has 3 N–H and O–H groups in total. The maximum atomic E-state index is 11.9. The van der Waals surface area contributed by atoms with Crippen LogP contribution in [0.2, 0.25) is 0 Å². The fraction of sp³-hybridized carbons (Fsp3) is 0.308. The Morgan fingerprint density at radius 2 is 2.14 bits per heavy atom. The summed E-state index contributed by atoms with van der Waals surface area (Å²) in [6.07, 6.45) is 5.11. The van der Waals surface area contributed by atoms with Gasteiger partial charge in [-0.05, 0) is 12.1 Å². The molecule has 0 aliphatic heterocycles. The second-order valence-electron chi connectivity index (χ2n) is 4.40. The zero-order valence-electron chi connectivity index (χ0n) is 11.5. The summed E-state index contributed by atoms with van der Waals surface area (Å²) < 4.78 is 28.1. The molecule has 0 aliphatic carbocycles. The Hall–Kier alpha value is -1.51. The molecule has 0 saturated carbocycles. The highest BCUT2D eigenvalue weighted by Gasteiger charge is 2.10. The SMILES string of the molecule is Nc1ccccc1SCCS(=O)(=O)NCCn1ccnc1. The van der Waals surface area contributed by atoms with Crippen LogP contribution in [-0.2, 0) is 16.6 Å². The number of thioether (sulfide) groups is 1. The molecular formula is C13H18N4O2S2. The average molecular weight is 326 g/mol. The van der Waals surface area contributed by atoms with Crippen molar-refractivity contribution in [2.75, 3.05) is 23.8 Å². The smallest absolute Gasteiger partial charge is 0.212 e. The lowest BCUT2D eigenvalue weighted by molar-refractivity contribution is 0.574. The van der Waals surface area contributed by atoms with Crippen LogP contribution in [0.3, 0.4) is 0 Å². The van der Waals surface area contributed by atoms with E-state index >= 15 is 0 Å². The third-order valence-electron chi connectivity index (χ3n) is 2.78. The van der Waals surface area contributed by atoms with Gasteiger partial charge in [0.05, 0.1) is 12.1 Å². The van der Waals surface area contributed by atoms with Crippen molar-refractivity contribution in [2.24, 2.45) is 0 Å². The minimum atomic E-state index is -3.26. The number of rotatable bonds is 8. The molecule has 6 nitrogen and oxygen atoms in total. The van der Waals surface area contributed by atoms with Gasteiger partial charge in [0.2, 0.25) is 10.0 Å². The maximum Gasteiger partial charge on any atom is 0.212 e. The number of nitrogens with zero attached hydrogens (tertiary/aromatic N) is 2. The molecule has 0 fully saturated rings. The van der Waals surface area contributed by atoms with E-state index in [9.17, 15) is 8.42 Å². The molecule has 114 valence electrons. The Morgan fingerprint density at radius 3 is 2.86 bits per heavy atom. The molecule has 0 saturated heterocycles. The lowest BCUT2D eigenvalue weighted by Crippen LogP contribution is -2.30. The normalized spacial score (nSPS) is 11.6. The first-order valence-corrected chi connectivity index (χ1v) is 9.11. The monoisotopic (exact) mass is 326 g/mol. The predicted molar refractivity (Wildman–Crippen MR) is 85.6 cm³/mol. The molecule has 0 radical (unpaired) electrons. The predicted octanol–water partition coefficient (Wildman–Crippen LogP) is 1.18. The van der Waals surface area contributed by atoms with Gasteiger partial charge in [-0.25, -0.2) is 18.1 Å². The van der Waals surface area contributed by atoms with Gasteiger partial charge in [0.1, 0.15) is 0 Å². The molecule has 2 aromatic rings. The zero-order chi connectivity index (χ0) is 15.1. The minimum absolute atomic E-state index is 0.0654. The molecule has 1 aromatic carbocycles. The van der Waals surface area contributed by atoms with E-state index in [4.69, 9.17) is 5.73 Å². The van der Waals surface area contributed by atoms with Crippen molar-refractivity contribution in [2.45, 2.75) is 11.4 Å². The van der Waals surface area contributed by atoms with Crippen LogP contribution in [0.25, 0.3) is 0 Å². The Balaban J connectivity index is 1.72. The molecule has 0 aliphatic rings. The summed E-state index contributed by atoms with van der Waals surface area (Å²) in [5.41, 5.74) is 6.48. The summed E-state index contributed by atoms with van der Waals surface area (Å²) in [7, 11) is -3.26. The summed E-state index contributed by atoms with van der Waals surface area (Å²) in [5, 5.41) is 0. The summed E-state index contributed by atoms with van der Waals surface area (Å²) in [6, 6.07) is 7.43. The molecule has 0 bridgehead atoms. The number of anilines is 1. The van der Waals surface area contributed by atoms with E-state index in [-0.39, 0.29) is 5.75 Å². The van der Waals surface area contributed by atoms with Crippen molar-refractivity contribution in [3.05, 3.63) is 43.0 Å². The number of benzene rings is 1. The first-order valence-electron chi connectivity index (χ1n) is 6.47. The second-order valence-corrected chi connectivity index (χ2v) is 7.46. The summed E-state index contributed by atoms with van der Waals surface area (Å²) in [4.78, 5) is 4.81. The van der Waals surface area contributed by atoms with Crippen molar-refractivity contribution in [3.63, 3.8) is 0 Å². The standard InChI is InChI=1S/C13H18N4O2S2/c14-12-3-1-2-4-13(12)20-9-10-21(18,19)16-6-8-17-7-5-15-11-17/h1-5,7,11,16H,6,8-10,14H2. The Labute approximate surface area is 128 Å². The average Bonchev–Trinajstić information content (AvgIpc) is 2.94. The fourth-order valence-corrected chi connectivity index (χ4v) is 4.08. The summed E-state index contributed by atoms with van der Waals surface area (Å²) >= 11 is 1.45. The largest absolute Gasteiger partial charge is 0.398 e. The summed E-state index contributed by atoms with van der Waals surface area (Å²) in [5.74, 6) is 0.532. The molecule has 1 heterocycles. The van der Waals surface area contributed by atoms with Crippen LogP contribution in [0.4, 0.5) is 5.69 Å². The quantitative estimate of drug-likeness (QED) is 0.561. The molecule has 0 atom stereocenters. The summed E-state index contributed by atoms with van der Waals surface area (Å²) in [6.45, 7) is 0.925. The van der Waals surface area contributed by atoms with Crippen molar-refractivity contribution in [1.82, 2.24) is 14.3 Å². The zero-order valence-corrected chi connectivity index (χ0v) is 13.1. The van der Waals surface area contributed by atoms with Gasteiger partial charge >= 0.3 is 0 Å². The van der Waals surface area contributed by atoms with E-state index in [1.165, 1.54) is 11.8 Å². The number of hydrogen-bond donors (Lipinski definition) is 2. The highest BCUT2D eigenvalue weighted by Crippen LogP contribution is 2.24. The van der Waals surface area contributed by atoms with Crippen LogP contribution in [0, 0.1) is 0 Å². The number of nitrogens with two attached hydrogens (primary N) is 1. The third kappa shape index (κ3) is 5.41. The molecule has 1 aromatic heterocycles. The number of nitrogen functional groups attached to an aromatic ring is 1. The fourth-order valence-electron chi connectivity index (χ4n) is 1.69. The van der Waals surface area contributed by atoms with E-state index in [0.717, 1.165) is 4.90 Å². The van der Waals surface area contributed by atoms with Gasteiger partial charge in [-0.3, -0.25) is 0 Å². The van der Waals surface area contributed by atoms with Crippen LogP contribution in [-0.4, -0.2) is 36.0 Å². The molecule has 0 unspecified atom stereocenters. The number of hydrogen-bond acceptors (Lipinski definition) is 5. The van der Waals surface area contributed by atoms with Crippen LogP contribution in [0.5, 0.6) is 0 Å². The topological polar surface area (TPSA) is 90.0 Å². The third-order valence-corrected chi connectivity index (χ3v) is 5.51. The van der Waals surface area contributed by atoms with E-state index < -0.39 is 10.0 Å². The van der Waals surface area contributed by atoms with Gasteiger partial charge in [0.15, 0.2) is 0 Å². The Bertz CT molecular complexity index is 657.